The molecule has 8 nitrogen and oxygen atoms in total. The molecule has 3 heterocycles. The number of likely N-dealkylation sites (tertiary alicyclic amines) is 1. The van der Waals surface area contributed by atoms with Crippen LogP contribution in [-0.4, -0.2) is 48.5 Å². The number of nitrogens with one attached hydrogen (secondary N) is 2. The zero-order valence-corrected chi connectivity index (χ0v) is 22.0. The summed E-state index contributed by atoms with van der Waals surface area (Å²) in [7, 11) is -3.63. The van der Waals surface area contributed by atoms with E-state index in [0.717, 1.165) is 42.3 Å². The van der Waals surface area contributed by atoms with Crippen LogP contribution in [0.2, 0.25) is 0 Å². The number of hydrogen-bond donors (Lipinski definition) is 2. The lowest BCUT2D eigenvalue weighted by Crippen LogP contribution is -2.40. The summed E-state index contributed by atoms with van der Waals surface area (Å²) in [6.45, 7) is 9.56. The van der Waals surface area contributed by atoms with Crippen molar-refractivity contribution in [2.24, 2.45) is 0 Å². The lowest BCUT2D eigenvalue weighted by atomic mass is 10.1. The van der Waals surface area contributed by atoms with Crippen molar-refractivity contribution >= 4 is 33.2 Å². The summed E-state index contributed by atoms with van der Waals surface area (Å²) in [6, 6.07) is 15.4. The molecule has 36 heavy (non-hydrogen) atoms. The van der Waals surface area contributed by atoms with Crippen molar-refractivity contribution in [1.82, 2.24) is 19.6 Å². The number of aromatic nitrogens is 2. The number of fused-ring (bicyclic) bond motifs is 1. The Hall–Kier alpha value is -3.01. The molecule has 9 heteroatoms. The third-order valence-electron chi connectivity index (χ3n) is 6.40. The van der Waals surface area contributed by atoms with Crippen LogP contribution in [0.25, 0.3) is 0 Å². The van der Waals surface area contributed by atoms with E-state index in [2.05, 4.69) is 49.1 Å². The molecule has 2 aromatic carbocycles. The quantitative estimate of drug-likeness (QED) is 0.484. The van der Waals surface area contributed by atoms with Crippen molar-refractivity contribution in [1.29, 1.82) is 0 Å². The van der Waals surface area contributed by atoms with Gasteiger partial charge in [-0.05, 0) is 89.0 Å². The van der Waals surface area contributed by atoms with E-state index in [1.54, 1.807) is 18.2 Å². The average Bonchev–Trinajstić information content (AvgIpc) is 3.49. The van der Waals surface area contributed by atoms with Crippen LogP contribution in [0.4, 0.5) is 23.1 Å². The Morgan fingerprint density at radius 1 is 1.00 bits per heavy atom. The summed E-state index contributed by atoms with van der Waals surface area (Å²) in [5.74, 6) is 1.32. The lowest BCUT2D eigenvalue weighted by Gasteiger charge is -2.22. The van der Waals surface area contributed by atoms with E-state index in [9.17, 15) is 8.42 Å². The molecule has 1 fully saturated rings. The predicted molar refractivity (Wildman–Crippen MR) is 143 cm³/mol. The van der Waals surface area contributed by atoms with Crippen molar-refractivity contribution in [3.63, 3.8) is 0 Å². The van der Waals surface area contributed by atoms with Gasteiger partial charge in [0, 0.05) is 41.8 Å². The molecule has 0 spiro atoms. The van der Waals surface area contributed by atoms with E-state index in [4.69, 9.17) is 4.98 Å². The van der Waals surface area contributed by atoms with Crippen LogP contribution in [0.3, 0.4) is 0 Å². The smallest absolute Gasteiger partial charge is 0.241 e. The van der Waals surface area contributed by atoms with Crippen molar-refractivity contribution < 1.29 is 8.42 Å². The Morgan fingerprint density at radius 3 is 2.47 bits per heavy atom. The van der Waals surface area contributed by atoms with Crippen LogP contribution in [0.1, 0.15) is 44.7 Å². The largest absolute Gasteiger partial charge is 0.326 e. The minimum absolute atomic E-state index is 0.241. The Morgan fingerprint density at radius 2 is 1.75 bits per heavy atom. The number of nitrogens with zero attached hydrogens (tertiary/aromatic N) is 4. The molecule has 0 bridgehead atoms. The SMILES string of the molecule is CC(C)(C)NS(=O)(=O)c1cccc(N2CCc3cnc(Nc4ccc(CN5CCCC5)cc4)nc32)c1. The van der Waals surface area contributed by atoms with Gasteiger partial charge in [0.15, 0.2) is 0 Å². The Bertz CT molecular complexity index is 1330. The summed E-state index contributed by atoms with van der Waals surface area (Å²) in [4.78, 5) is 14.1. The fourth-order valence-electron chi connectivity index (χ4n) is 4.76. The second-order valence-electron chi connectivity index (χ2n) is 10.6. The van der Waals surface area contributed by atoms with E-state index in [1.807, 2.05) is 33.0 Å². The number of anilines is 4. The standard InChI is InChI=1S/C27H34N6O2S/c1-27(2,3)31-36(34,35)24-8-6-7-23(17-24)33-16-13-21-18-28-26(30-25(21)33)29-22-11-9-20(10-12-22)19-32-14-4-5-15-32/h6-12,17-18,31H,4-5,13-16,19H2,1-3H3,(H,28,29,30). The lowest BCUT2D eigenvalue weighted by molar-refractivity contribution is 0.331. The van der Waals surface area contributed by atoms with Gasteiger partial charge in [-0.1, -0.05) is 18.2 Å². The highest BCUT2D eigenvalue weighted by atomic mass is 32.2. The molecular formula is C27H34N6O2S. The van der Waals surface area contributed by atoms with Gasteiger partial charge in [-0.25, -0.2) is 18.1 Å². The summed E-state index contributed by atoms with van der Waals surface area (Å²) in [6.07, 6.45) is 5.24. The Labute approximate surface area is 213 Å². The summed E-state index contributed by atoms with van der Waals surface area (Å²) in [5, 5.41) is 3.32. The van der Waals surface area contributed by atoms with Gasteiger partial charge in [0.2, 0.25) is 16.0 Å². The molecule has 0 unspecified atom stereocenters. The fraction of sp³-hybridized carbons (Fsp3) is 0.407. The van der Waals surface area contributed by atoms with Crippen molar-refractivity contribution in [2.45, 2.75) is 57.0 Å². The van der Waals surface area contributed by atoms with Gasteiger partial charge in [-0.2, -0.15) is 4.98 Å². The highest BCUT2D eigenvalue weighted by Crippen LogP contribution is 2.34. The maximum Gasteiger partial charge on any atom is 0.241 e. The van der Waals surface area contributed by atoms with Crippen LogP contribution in [0, 0.1) is 0 Å². The number of benzene rings is 2. The van der Waals surface area contributed by atoms with Crippen LogP contribution in [0.5, 0.6) is 0 Å². The minimum atomic E-state index is -3.63. The average molecular weight is 507 g/mol. The number of rotatable bonds is 7. The van der Waals surface area contributed by atoms with Crippen molar-refractivity contribution in [3.05, 3.63) is 65.9 Å². The predicted octanol–water partition coefficient (Wildman–Crippen LogP) is 4.59. The highest BCUT2D eigenvalue weighted by Gasteiger charge is 2.26. The molecular weight excluding hydrogens is 472 g/mol. The molecule has 0 radical (unpaired) electrons. The van der Waals surface area contributed by atoms with Gasteiger partial charge in [0.05, 0.1) is 4.90 Å². The summed E-state index contributed by atoms with van der Waals surface area (Å²) >= 11 is 0. The highest BCUT2D eigenvalue weighted by molar-refractivity contribution is 7.89. The van der Waals surface area contributed by atoms with E-state index in [1.165, 1.54) is 31.5 Å². The van der Waals surface area contributed by atoms with Crippen molar-refractivity contribution in [3.8, 4) is 0 Å². The Kier molecular flexibility index (Phi) is 6.72. The number of hydrogen-bond acceptors (Lipinski definition) is 7. The second kappa shape index (κ2) is 9.80. The zero-order valence-electron chi connectivity index (χ0n) is 21.2. The van der Waals surface area contributed by atoms with Crippen LogP contribution in [-0.2, 0) is 23.0 Å². The third kappa shape index (κ3) is 5.69. The molecule has 0 amide bonds. The first-order valence-electron chi connectivity index (χ1n) is 12.5. The van der Waals surface area contributed by atoms with Gasteiger partial charge in [-0.15, -0.1) is 0 Å². The molecule has 1 saturated heterocycles. The molecule has 190 valence electrons. The first-order valence-corrected chi connectivity index (χ1v) is 14.0. The molecule has 0 saturated carbocycles. The molecule has 2 N–H and O–H groups in total. The van der Waals surface area contributed by atoms with E-state index in [0.29, 0.717) is 5.95 Å². The van der Waals surface area contributed by atoms with E-state index < -0.39 is 15.6 Å². The zero-order chi connectivity index (χ0) is 25.3. The first kappa shape index (κ1) is 24.7. The van der Waals surface area contributed by atoms with Gasteiger partial charge < -0.3 is 10.2 Å². The first-order chi connectivity index (χ1) is 17.2. The van der Waals surface area contributed by atoms with Crippen LogP contribution in [0.15, 0.2) is 59.6 Å². The summed E-state index contributed by atoms with van der Waals surface area (Å²) in [5.41, 5.74) is 3.52. The maximum absolute atomic E-state index is 12.9. The third-order valence-corrected chi connectivity index (χ3v) is 8.15. The fourth-order valence-corrected chi connectivity index (χ4v) is 6.22. The molecule has 1 aromatic heterocycles. The minimum Gasteiger partial charge on any atom is -0.326 e. The van der Waals surface area contributed by atoms with E-state index in [-0.39, 0.29) is 4.90 Å². The van der Waals surface area contributed by atoms with Gasteiger partial charge >= 0.3 is 0 Å². The molecule has 0 aliphatic carbocycles. The normalized spacial score (nSPS) is 16.4. The van der Waals surface area contributed by atoms with Gasteiger partial charge in [0.1, 0.15) is 5.82 Å². The Balaban J connectivity index is 1.33. The van der Waals surface area contributed by atoms with Crippen LogP contribution < -0.4 is 14.9 Å². The number of sulfonamides is 1. The summed E-state index contributed by atoms with van der Waals surface area (Å²) < 4.78 is 28.5. The van der Waals surface area contributed by atoms with E-state index >= 15 is 0 Å². The molecule has 5 rings (SSSR count). The van der Waals surface area contributed by atoms with Gasteiger partial charge in [0.25, 0.3) is 0 Å². The monoisotopic (exact) mass is 506 g/mol. The molecule has 0 atom stereocenters. The van der Waals surface area contributed by atoms with Gasteiger partial charge in [-0.3, -0.25) is 4.90 Å². The molecule has 2 aliphatic heterocycles. The van der Waals surface area contributed by atoms with Crippen LogP contribution >= 0.6 is 0 Å². The second-order valence-corrected chi connectivity index (χ2v) is 12.3. The maximum atomic E-state index is 12.9. The van der Waals surface area contributed by atoms with Crippen molar-refractivity contribution in [2.75, 3.05) is 29.9 Å². The molecule has 3 aromatic rings. The molecule has 2 aliphatic rings. The topological polar surface area (TPSA) is 90.5 Å².